The minimum atomic E-state index is -0.339. The molecular weight excluding hydrogens is 372 g/mol. The fourth-order valence-corrected chi connectivity index (χ4v) is 3.56. The molecule has 9 heteroatoms. The van der Waals surface area contributed by atoms with Crippen LogP contribution >= 0.6 is 0 Å². The monoisotopic (exact) mass is 396 g/mol. The van der Waals surface area contributed by atoms with Gasteiger partial charge in [0.05, 0.1) is 31.0 Å². The summed E-state index contributed by atoms with van der Waals surface area (Å²) in [6, 6.07) is 1.89. The number of rotatable bonds is 6. The summed E-state index contributed by atoms with van der Waals surface area (Å²) in [7, 11) is 3.46. The van der Waals surface area contributed by atoms with Crippen molar-refractivity contribution < 1.29 is 14.3 Å². The molecule has 1 fully saturated rings. The van der Waals surface area contributed by atoms with E-state index in [0.29, 0.717) is 30.2 Å². The number of aliphatic imine (C=N–C) groups is 1. The molecule has 0 N–H and O–H groups in total. The first-order valence-corrected chi connectivity index (χ1v) is 9.68. The third kappa shape index (κ3) is 4.25. The van der Waals surface area contributed by atoms with Crippen molar-refractivity contribution in [2.24, 2.45) is 12.0 Å². The highest BCUT2D eigenvalue weighted by Crippen LogP contribution is 2.23. The van der Waals surface area contributed by atoms with Crippen molar-refractivity contribution >= 4 is 22.5 Å². The van der Waals surface area contributed by atoms with Crippen LogP contribution in [0.5, 0.6) is 0 Å². The number of nitrogens with zero attached hydrogens (tertiary/aromatic N) is 6. The molecule has 1 amide bonds. The van der Waals surface area contributed by atoms with Gasteiger partial charge < -0.3 is 9.47 Å². The molecule has 0 saturated heterocycles. The van der Waals surface area contributed by atoms with Crippen LogP contribution in [0.2, 0.25) is 0 Å². The maximum Gasteiger partial charge on any atom is 0.297 e. The maximum atomic E-state index is 13.0. The van der Waals surface area contributed by atoms with Crippen LogP contribution in [0.4, 0.5) is 0 Å². The number of aromatic nitrogens is 5. The summed E-state index contributed by atoms with van der Waals surface area (Å²) in [5.41, 5.74) is 1.88. The molecule has 4 rings (SSSR count). The van der Waals surface area contributed by atoms with Crippen molar-refractivity contribution in [3.63, 3.8) is 0 Å². The average Bonchev–Trinajstić information content (AvgIpc) is 3.39. The van der Waals surface area contributed by atoms with Gasteiger partial charge in [0.1, 0.15) is 12.1 Å². The van der Waals surface area contributed by atoms with E-state index in [1.807, 2.05) is 6.07 Å². The lowest BCUT2D eigenvalue weighted by Gasteiger charge is -2.23. The zero-order chi connectivity index (χ0) is 20.2. The first-order valence-electron chi connectivity index (χ1n) is 9.68. The standard InChI is InChI=1S/C20H24N6O3/c1-25-19-14(12-22-25)11-17(26-8-7-21-13-26)24-18(19)20(27)23-15-3-5-16(6-4-15)29-10-9-28-2/h7-8,11-13,16H,3-6,9-10H2,1-2H3. The van der Waals surface area contributed by atoms with Gasteiger partial charge in [-0.3, -0.25) is 14.0 Å². The Morgan fingerprint density at radius 3 is 2.86 bits per heavy atom. The molecule has 1 aliphatic rings. The highest BCUT2D eigenvalue weighted by atomic mass is 16.5. The Kier molecular flexibility index (Phi) is 5.77. The number of amides is 1. The molecule has 29 heavy (non-hydrogen) atoms. The summed E-state index contributed by atoms with van der Waals surface area (Å²) in [5, 5.41) is 5.12. The maximum absolute atomic E-state index is 13.0. The van der Waals surface area contributed by atoms with Gasteiger partial charge in [-0.25, -0.2) is 15.0 Å². The van der Waals surface area contributed by atoms with E-state index in [9.17, 15) is 4.79 Å². The lowest BCUT2D eigenvalue weighted by atomic mass is 9.95. The Labute approximate surface area is 168 Å². The molecule has 3 aromatic heterocycles. The molecule has 0 spiro atoms. The number of carbonyl (C=O) groups is 1. The average molecular weight is 396 g/mol. The minimum absolute atomic E-state index is 0.200. The van der Waals surface area contributed by atoms with Gasteiger partial charge in [-0.2, -0.15) is 5.10 Å². The van der Waals surface area contributed by atoms with Crippen LogP contribution in [0.25, 0.3) is 16.7 Å². The molecule has 9 nitrogen and oxygen atoms in total. The number of hydrogen-bond donors (Lipinski definition) is 0. The molecule has 0 atom stereocenters. The molecule has 1 aliphatic carbocycles. The Morgan fingerprint density at radius 2 is 2.14 bits per heavy atom. The lowest BCUT2D eigenvalue weighted by molar-refractivity contribution is 0.00822. The van der Waals surface area contributed by atoms with E-state index in [4.69, 9.17) is 9.47 Å². The van der Waals surface area contributed by atoms with Gasteiger partial charge in [0.25, 0.3) is 5.91 Å². The number of hydrogen-bond acceptors (Lipinski definition) is 6. The van der Waals surface area contributed by atoms with Crippen LogP contribution in [0.1, 0.15) is 36.2 Å². The first-order chi connectivity index (χ1) is 14.2. The summed E-state index contributed by atoms with van der Waals surface area (Å²) >= 11 is 0. The second-order valence-electron chi connectivity index (χ2n) is 7.05. The molecule has 0 aromatic carbocycles. The molecule has 0 bridgehead atoms. The van der Waals surface area contributed by atoms with Crippen molar-refractivity contribution in [2.75, 3.05) is 20.3 Å². The largest absolute Gasteiger partial charge is 0.382 e. The molecule has 3 aromatic rings. The summed E-state index contributed by atoms with van der Waals surface area (Å²) in [5.74, 6) is 0.274. The number of aryl methyl sites for hydroxylation is 1. The Hall–Kier alpha value is -2.91. The number of fused-ring (bicyclic) bond motifs is 1. The Balaban J connectivity index is 1.56. The molecule has 0 aliphatic heterocycles. The fraction of sp³-hybridized carbons (Fsp3) is 0.450. The number of methoxy groups -OCH3 is 1. The second-order valence-corrected chi connectivity index (χ2v) is 7.05. The quantitative estimate of drug-likeness (QED) is 0.594. The Bertz CT molecular complexity index is 1010. The molecule has 3 heterocycles. The van der Waals surface area contributed by atoms with Crippen molar-refractivity contribution in [1.82, 2.24) is 24.3 Å². The van der Waals surface area contributed by atoms with Crippen molar-refractivity contribution in [2.45, 2.75) is 31.8 Å². The van der Waals surface area contributed by atoms with Crippen molar-refractivity contribution in [1.29, 1.82) is 0 Å². The first kappa shape index (κ1) is 19.4. The zero-order valence-electron chi connectivity index (χ0n) is 16.6. The molecular formula is C20H24N6O3. The van der Waals surface area contributed by atoms with Crippen LogP contribution in [-0.4, -0.2) is 62.4 Å². The van der Waals surface area contributed by atoms with Gasteiger partial charge in [0, 0.05) is 37.6 Å². The van der Waals surface area contributed by atoms with Crippen LogP contribution in [0.3, 0.4) is 0 Å². The number of ether oxygens (including phenoxy) is 2. The van der Waals surface area contributed by atoms with E-state index in [1.165, 1.54) is 0 Å². The van der Waals surface area contributed by atoms with Crippen LogP contribution in [0, 0.1) is 0 Å². The highest BCUT2D eigenvalue weighted by molar-refractivity contribution is 6.09. The van der Waals surface area contributed by atoms with Crippen LogP contribution in [0.15, 0.2) is 36.0 Å². The highest BCUT2D eigenvalue weighted by Gasteiger charge is 2.22. The summed E-state index contributed by atoms with van der Waals surface area (Å²) in [6.45, 7) is 1.19. The van der Waals surface area contributed by atoms with E-state index in [2.05, 4.69) is 20.1 Å². The SMILES string of the molecule is COCCOC1CCC(=NC(=O)c2nc(-n3ccnc3)cc3cnn(C)c23)CC1. The van der Waals surface area contributed by atoms with Crippen molar-refractivity contribution in [3.8, 4) is 5.82 Å². The number of pyridine rings is 1. The van der Waals surface area contributed by atoms with Gasteiger partial charge in [-0.1, -0.05) is 0 Å². The third-order valence-corrected chi connectivity index (χ3v) is 5.08. The smallest absolute Gasteiger partial charge is 0.297 e. The van der Waals surface area contributed by atoms with Crippen molar-refractivity contribution in [3.05, 3.63) is 36.7 Å². The van der Waals surface area contributed by atoms with E-state index in [1.54, 1.807) is 48.3 Å². The van der Waals surface area contributed by atoms with Gasteiger partial charge in [-0.15, -0.1) is 0 Å². The van der Waals surface area contributed by atoms with E-state index in [0.717, 1.165) is 36.8 Å². The predicted octanol–water partition coefficient (Wildman–Crippen LogP) is 2.34. The molecule has 152 valence electrons. The van der Waals surface area contributed by atoms with Gasteiger partial charge in [0.2, 0.25) is 0 Å². The minimum Gasteiger partial charge on any atom is -0.382 e. The number of carbonyl (C=O) groups excluding carboxylic acids is 1. The van der Waals surface area contributed by atoms with E-state index in [-0.39, 0.29) is 12.0 Å². The molecule has 1 saturated carbocycles. The molecule has 0 unspecified atom stereocenters. The van der Waals surface area contributed by atoms with Gasteiger partial charge >= 0.3 is 0 Å². The normalized spacial score (nSPS) is 17.0. The second kappa shape index (κ2) is 8.62. The summed E-state index contributed by atoms with van der Waals surface area (Å²) < 4.78 is 14.2. The fourth-order valence-electron chi connectivity index (χ4n) is 3.56. The van der Waals surface area contributed by atoms with E-state index < -0.39 is 0 Å². The summed E-state index contributed by atoms with van der Waals surface area (Å²) in [4.78, 5) is 26.1. The van der Waals surface area contributed by atoms with Crippen LogP contribution in [-0.2, 0) is 16.5 Å². The predicted molar refractivity (Wildman–Crippen MR) is 107 cm³/mol. The summed E-state index contributed by atoms with van der Waals surface area (Å²) in [6.07, 6.45) is 10.3. The lowest BCUT2D eigenvalue weighted by Crippen LogP contribution is -2.24. The van der Waals surface area contributed by atoms with Gasteiger partial charge in [-0.05, 0) is 31.7 Å². The number of imidazole rings is 1. The van der Waals surface area contributed by atoms with E-state index >= 15 is 0 Å². The zero-order valence-corrected chi connectivity index (χ0v) is 16.6. The topological polar surface area (TPSA) is 96.4 Å². The third-order valence-electron chi connectivity index (χ3n) is 5.08. The molecule has 0 radical (unpaired) electrons. The van der Waals surface area contributed by atoms with Crippen LogP contribution < -0.4 is 0 Å². The Morgan fingerprint density at radius 1 is 1.31 bits per heavy atom. The van der Waals surface area contributed by atoms with Gasteiger partial charge in [0.15, 0.2) is 5.69 Å².